The number of esters is 3. The fourth-order valence-electron chi connectivity index (χ4n) is 3.24. The summed E-state index contributed by atoms with van der Waals surface area (Å²) in [5.74, 6) is -1.14. The number of aliphatic hydroxyl groups is 1. The summed E-state index contributed by atoms with van der Waals surface area (Å²) in [6, 6.07) is 0. The van der Waals surface area contributed by atoms with Crippen molar-refractivity contribution >= 4 is 17.9 Å². The number of hydrogen-bond acceptors (Lipinski definition) is 6. The van der Waals surface area contributed by atoms with Gasteiger partial charge in [-0.2, -0.15) is 0 Å². The molecule has 2 heterocycles. The molecule has 0 aromatic rings. The predicted molar refractivity (Wildman–Crippen MR) is 74.2 cm³/mol. The van der Waals surface area contributed by atoms with Crippen LogP contribution in [0, 0.1) is 0 Å². The van der Waals surface area contributed by atoms with Gasteiger partial charge >= 0.3 is 17.9 Å². The van der Waals surface area contributed by atoms with E-state index in [1.54, 1.807) is 0 Å². The first-order chi connectivity index (χ1) is 10.6. The van der Waals surface area contributed by atoms with Crippen LogP contribution in [0.25, 0.3) is 0 Å². The molecule has 118 valence electrons. The molecule has 2 aliphatic carbocycles. The van der Waals surface area contributed by atoms with Crippen molar-refractivity contribution < 1.29 is 29.0 Å². The summed E-state index contributed by atoms with van der Waals surface area (Å²) in [5, 5.41) is 9.19. The molecule has 0 amide bonds. The Morgan fingerprint density at radius 3 is 1.77 bits per heavy atom. The molecule has 6 nitrogen and oxygen atoms in total. The van der Waals surface area contributed by atoms with Gasteiger partial charge in [0.05, 0.1) is 0 Å². The molecule has 4 aliphatic rings. The van der Waals surface area contributed by atoms with Gasteiger partial charge in [0, 0.05) is 22.3 Å². The summed E-state index contributed by atoms with van der Waals surface area (Å²) >= 11 is 0. The summed E-state index contributed by atoms with van der Waals surface area (Å²) in [5.41, 5.74) is 2.80. The number of rotatable bonds is 0. The maximum absolute atomic E-state index is 11.0. The monoisotopic (exact) mass is 306 g/mol. The Bertz CT molecular complexity index is 572. The van der Waals surface area contributed by atoms with Gasteiger partial charge in [-0.05, 0) is 51.4 Å². The lowest BCUT2D eigenvalue weighted by atomic mass is 9.93. The lowest BCUT2D eigenvalue weighted by Gasteiger charge is -2.11. The molecule has 1 unspecified atom stereocenters. The molecule has 1 N–H and O–H groups in total. The minimum Gasteiger partial charge on any atom is -0.428 e. The predicted octanol–water partition coefficient (Wildman–Crippen LogP) is 1.67. The van der Waals surface area contributed by atoms with Crippen LogP contribution in [0.5, 0.6) is 0 Å². The van der Waals surface area contributed by atoms with Gasteiger partial charge < -0.3 is 14.6 Å². The molecule has 6 heteroatoms. The third kappa shape index (κ3) is 2.70. The first-order valence-corrected chi connectivity index (χ1v) is 7.67. The lowest BCUT2D eigenvalue weighted by molar-refractivity contribution is -0.153. The van der Waals surface area contributed by atoms with E-state index < -0.39 is 18.2 Å². The van der Waals surface area contributed by atoms with Gasteiger partial charge in [0.1, 0.15) is 0 Å². The lowest BCUT2D eigenvalue weighted by Crippen LogP contribution is -2.09. The highest BCUT2D eigenvalue weighted by Gasteiger charge is 2.34. The van der Waals surface area contributed by atoms with E-state index in [-0.39, 0.29) is 5.97 Å². The maximum atomic E-state index is 11.0. The van der Waals surface area contributed by atoms with Gasteiger partial charge in [-0.25, -0.2) is 14.4 Å². The van der Waals surface area contributed by atoms with Crippen LogP contribution in [0.3, 0.4) is 0 Å². The van der Waals surface area contributed by atoms with Crippen molar-refractivity contribution in [2.75, 3.05) is 0 Å². The zero-order valence-corrected chi connectivity index (χ0v) is 12.2. The van der Waals surface area contributed by atoms with Crippen LogP contribution in [-0.2, 0) is 23.9 Å². The maximum Gasteiger partial charge on any atom is 0.342 e. The van der Waals surface area contributed by atoms with Crippen molar-refractivity contribution in [2.24, 2.45) is 0 Å². The Hall–Kier alpha value is -1.95. The molecule has 0 saturated heterocycles. The first-order valence-electron chi connectivity index (χ1n) is 7.67. The van der Waals surface area contributed by atoms with Crippen LogP contribution < -0.4 is 0 Å². The standard InChI is InChI=1S/C8H10O3.C8H8O3/c2*9-7-5-3-1-2-4-6(5)8(10)11-7/h7,9H,1-4H2;1-4H2. The number of cyclic esters (lactones) is 3. The molecule has 0 aromatic heterocycles. The van der Waals surface area contributed by atoms with E-state index in [4.69, 9.17) is 0 Å². The van der Waals surface area contributed by atoms with E-state index in [2.05, 4.69) is 9.47 Å². The largest absolute Gasteiger partial charge is 0.428 e. The van der Waals surface area contributed by atoms with E-state index in [0.717, 1.165) is 62.5 Å². The average molecular weight is 306 g/mol. The minimum absolute atomic E-state index is 0.313. The number of ether oxygens (including phenoxy) is 2. The fourth-order valence-corrected chi connectivity index (χ4v) is 3.24. The van der Waals surface area contributed by atoms with E-state index in [9.17, 15) is 19.5 Å². The van der Waals surface area contributed by atoms with Gasteiger partial charge in [-0.1, -0.05) is 0 Å². The first kappa shape index (κ1) is 15.0. The summed E-state index contributed by atoms with van der Waals surface area (Å²) in [4.78, 5) is 32.8. The van der Waals surface area contributed by atoms with Gasteiger partial charge in [0.25, 0.3) is 0 Å². The van der Waals surface area contributed by atoms with Crippen LogP contribution in [-0.4, -0.2) is 29.3 Å². The van der Waals surface area contributed by atoms with Crippen molar-refractivity contribution in [2.45, 2.75) is 57.7 Å². The van der Waals surface area contributed by atoms with Crippen molar-refractivity contribution in [1.29, 1.82) is 0 Å². The minimum atomic E-state index is -0.933. The zero-order chi connectivity index (χ0) is 15.7. The van der Waals surface area contributed by atoms with Crippen molar-refractivity contribution in [1.82, 2.24) is 0 Å². The molecule has 1 atom stereocenters. The summed E-state index contributed by atoms with van der Waals surface area (Å²) < 4.78 is 9.11. The second-order valence-corrected chi connectivity index (χ2v) is 5.81. The molecule has 0 spiro atoms. The van der Waals surface area contributed by atoms with Crippen molar-refractivity contribution in [3.05, 3.63) is 22.3 Å². The second-order valence-electron chi connectivity index (χ2n) is 5.81. The Balaban J connectivity index is 0.000000131. The van der Waals surface area contributed by atoms with E-state index >= 15 is 0 Å². The molecular weight excluding hydrogens is 288 g/mol. The summed E-state index contributed by atoms with van der Waals surface area (Å²) in [7, 11) is 0. The van der Waals surface area contributed by atoms with E-state index in [0.29, 0.717) is 11.1 Å². The SMILES string of the molecule is O=C1OC(=O)C2=C1CCCC2.O=C1OC(O)C2=C1CCCC2. The highest BCUT2D eigenvalue weighted by Crippen LogP contribution is 2.33. The topological polar surface area (TPSA) is 89.9 Å². The Morgan fingerprint density at radius 1 is 0.727 bits per heavy atom. The van der Waals surface area contributed by atoms with Gasteiger partial charge in [-0.15, -0.1) is 0 Å². The third-order valence-electron chi connectivity index (χ3n) is 4.42. The second kappa shape index (κ2) is 6.04. The molecule has 0 saturated carbocycles. The third-order valence-corrected chi connectivity index (χ3v) is 4.42. The molecule has 22 heavy (non-hydrogen) atoms. The number of carbonyl (C=O) groups excluding carboxylic acids is 3. The van der Waals surface area contributed by atoms with E-state index in [1.807, 2.05) is 0 Å². The van der Waals surface area contributed by atoms with Crippen LogP contribution in [0.2, 0.25) is 0 Å². The molecule has 0 bridgehead atoms. The Labute approximate surface area is 127 Å². The van der Waals surface area contributed by atoms with Gasteiger partial charge in [0.15, 0.2) is 0 Å². The Morgan fingerprint density at radius 2 is 1.23 bits per heavy atom. The summed E-state index contributed by atoms with van der Waals surface area (Å²) in [6.07, 6.45) is 6.22. The summed E-state index contributed by atoms with van der Waals surface area (Å²) in [6.45, 7) is 0. The van der Waals surface area contributed by atoms with Crippen LogP contribution in [0.4, 0.5) is 0 Å². The molecule has 0 aromatic carbocycles. The van der Waals surface area contributed by atoms with Crippen molar-refractivity contribution in [3.8, 4) is 0 Å². The van der Waals surface area contributed by atoms with Crippen molar-refractivity contribution in [3.63, 3.8) is 0 Å². The van der Waals surface area contributed by atoms with Crippen LogP contribution in [0.15, 0.2) is 22.3 Å². The molecule has 2 aliphatic heterocycles. The smallest absolute Gasteiger partial charge is 0.342 e. The molecular formula is C16H18O6. The van der Waals surface area contributed by atoms with Crippen LogP contribution >= 0.6 is 0 Å². The molecule has 4 rings (SSSR count). The average Bonchev–Trinajstić information content (AvgIpc) is 2.99. The number of aliphatic hydroxyl groups excluding tert-OH is 1. The number of carbonyl (C=O) groups is 3. The Kier molecular flexibility index (Phi) is 4.11. The zero-order valence-electron chi connectivity index (χ0n) is 12.2. The van der Waals surface area contributed by atoms with Gasteiger partial charge in [0.2, 0.25) is 6.29 Å². The fraction of sp³-hybridized carbons (Fsp3) is 0.562. The number of hydrogen-bond donors (Lipinski definition) is 1. The van der Waals surface area contributed by atoms with E-state index in [1.165, 1.54) is 0 Å². The highest BCUT2D eigenvalue weighted by molar-refractivity contribution is 6.12. The quantitative estimate of drug-likeness (QED) is 0.541. The highest BCUT2D eigenvalue weighted by atomic mass is 16.6. The molecule has 0 fully saturated rings. The van der Waals surface area contributed by atoms with Gasteiger partial charge in [-0.3, -0.25) is 0 Å². The molecule has 0 radical (unpaired) electrons. The normalized spacial score (nSPS) is 27.0. The van der Waals surface area contributed by atoms with Crippen LogP contribution in [0.1, 0.15) is 51.4 Å².